The van der Waals surface area contributed by atoms with Gasteiger partial charge in [0.05, 0.1) is 22.7 Å². The molecule has 4 aromatic rings. The van der Waals surface area contributed by atoms with Crippen LogP contribution >= 0.6 is 22.7 Å². The lowest BCUT2D eigenvalue weighted by Crippen LogP contribution is -2.14. The van der Waals surface area contributed by atoms with Gasteiger partial charge < -0.3 is 5.32 Å². The normalized spacial score (nSPS) is 10.7. The number of nitrogens with zero attached hydrogens (tertiary/aromatic N) is 3. The van der Waals surface area contributed by atoms with Crippen molar-refractivity contribution < 1.29 is 9.59 Å². The van der Waals surface area contributed by atoms with Gasteiger partial charge in [-0.15, -0.1) is 11.3 Å². The molecule has 1 aromatic carbocycles. The number of anilines is 1. The maximum atomic E-state index is 12.5. The van der Waals surface area contributed by atoms with Crippen LogP contribution in [0, 0.1) is 0 Å². The molecular weight excluding hydrogens is 404 g/mol. The second kappa shape index (κ2) is 8.42. The summed E-state index contributed by atoms with van der Waals surface area (Å²) >= 11 is 2.65. The van der Waals surface area contributed by atoms with E-state index in [0.29, 0.717) is 21.4 Å². The summed E-state index contributed by atoms with van der Waals surface area (Å²) in [6.45, 7) is 1.50. The van der Waals surface area contributed by atoms with Gasteiger partial charge in [0.15, 0.2) is 10.9 Å². The van der Waals surface area contributed by atoms with E-state index in [1.165, 1.54) is 29.6 Å². The van der Waals surface area contributed by atoms with E-state index in [2.05, 4.69) is 20.3 Å². The first-order valence-electron chi connectivity index (χ1n) is 8.82. The molecule has 0 radical (unpaired) electrons. The summed E-state index contributed by atoms with van der Waals surface area (Å²) in [6, 6.07) is 13.2. The van der Waals surface area contributed by atoms with Gasteiger partial charge in [-0.2, -0.15) is 0 Å². The van der Waals surface area contributed by atoms with Crippen LogP contribution in [0.3, 0.4) is 0 Å². The average molecular weight is 421 g/mol. The van der Waals surface area contributed by atoms with Crippen molar-refractivity contribution in [1.29, 1.82) is 0 Å². The van der Waals surface area contributed by atoms with Crippen LogP contribution in [0.25, 0.3) is 21.8 Å². The van der Waals surface area contributed by atoms with Crippen LogP contribution in [0.4, 0.5) is 5.13 Å². The summed E-state index contributed by atoms with van der Waals surface area (Å²) in [7, 11) is 0. The second-order valence-corrected chi connectivity index (χ2v) is 8.09. The monoisotopic (exact) mass is 420 g/mol. The first-order valence-corrected chi connectivity index (χ1v) is 10.5. The van der Waals surface area contributed by atoms with Crippen molar-refractivity contribution in [3.05, 3.63) is 70.8 Å². The van der Waals surface area contributed by atoms with Crippen LogP contribution in [0.5, 0.6) is 0 Å². The molecular formula is C21H16N4O2S2. The fourth-order valence-electron chi connectivity index (χ4n) is 2.74. The average Bonchev–Trinajstić information content (AvgIpc) is 3.37. The Kier molecular flexibility index (Phi) is 5.55. The number of thiazole rings is 2. The number of carbonyl (C=O) groups is 2. The molecule has 0 bridgehead atoms. The van der Waals surface area contributed by atoms with E-state index in [1.54, 1.807) is 12.4 Å². The van der Waals surface area contributed by atoms with E-state index in [1.807, 2.05) is 47.8 Å². The lowest BCUT2D eigenvalue weighted by atomic mass is 10.1. The van der Waals surface area contributed by atoms with Crippen molar-refractivity contribution in [3.8, 4) is 21.8 Å². The van der Waals surface area contributed by atoms with Gasteiger partial charge >= 0.3 is 0 Å². The number of pyridine rings is 1. The molecule has 0 aliphatic rings. The summed E-state index contributed by atoms with van der Waals surface area (Å²) in [5.74, 6) is -0.307. The third-order valence-corrected chi connectivity index (χ3v) is 6.05. The third kappa shape index (κ3) is 4.44. The van der Waals surface area contributed by atoms with E-state index in [9.17, 15) is 9.59 Å². The highest BCUT2D eigenvalue weighted by atomic mass is 32.1. The highest BCUT2D eigenvalue weighted by Gasteiger charge is 2.18. The van der Waals surface area contributed by atoms with Crippen LogP contribution in [-0.4, -0.2) is 26.6 Å². The third-order valence-electron chi connectivity index (χ3n) is 4.04. The van der Waals surface area contributed by atoms with Gasteiger partial charge in [-0.25, -0.2) is 9.97 Å². The minimum absolute atomic E-state index is 0.0811. The number of carbonyl (C=O) groups excluding carboxylic acids is 2. The predicted octanol–water partition coefficient (Wildman–Crippen LogP) is 4.71. The molecule has 0 saturated heterocycles. The van der Waals surface area contributed by atoms with Crippen LogP contribution < -0.4 is 5.32 Å². The Morgan fingerprint density at radius 1 is 1.03 bits per heavy atom. The van der Waals surface area contributed by atoms with Gasteiger partial charge in [-0.1, -0.05) is 41.7 Å². The number of benzene rings is 1. The molecule has 0 saturated carbocycles. The highest BCUT2D eigenvalue weighted by molar-refractivity contribution is 7.18. The molecule has 0 aliphatic carbocycles. The summed E-state index contributed by atoms with van der Waals surface area (Å²) in [5, 5.41) is 5.88. The molecule has 0 aliphatic heterocycles. The van der Waals surface area contributed by atoms with Crippen molar-refractivity contribution in [2.24, 2.45) is 0 Å². The van der Waals surface area contributed by atoms with Gasteiger partial charge in [0, 0.05) is 35.8 Å². The molecule has 29 heavy (non-hydrogen) atoms. The lowest BCUT2D eigenvalue weighted by molar-refractivity contribution is -0.115. The lowest BCUT2D eigenvalue weighted by Gasteiger charge is -1.99. The Hall–Kier alpha value is -3.23. The van der Waals surface area contributed by atoms with Gasteiger partial charge in [-0.3, -0.25) is 14.6 Å². The molecule has 0 spiro atoms. The van der Waals surface area contributed by atoms with E-state index in [4.69, 9.17) is 0 Å². The SMILES string of the molecule is CC(=O)c1sc(NC(=O)Cc2csc(-c3cccnc3)n2)nc1-c1ccccc1. The summed E-state index contributed by atoms with van der Waals surface area (Å²) in [4.78, 5) is 38.1. The van der Waals surface area contributed by atoms with E-state index in [0.717, 1.165) is 16.1 Å². The number of nitrogens with one attached hydrogen (secondary N) is 1. The Labute approximate surface area is 175 Å². The maximum Gasteiger partial charge on any atom is 0.232 e. The fourth-order valence-corrected chi connectivity index (χ4v) is 4.45. The molecule has 0 unspecified atom stereocenters. The summed E-state index contributed by atoms with van der Waals surface area (Å²) in [5.41, 5.74) is 3.03. The topological polar surface area (TPSA) is 84.8 Å². The number of ketones is 1. The number of hydrogen-bond donors (Lipinski definition) is 1. The number of rotatable bonds is 6. The zero-order valence-corrected chi connectivity index (χ0v) is 17.1. The molecule has 0 fully saturated rings. The highest BCUT2D eigenvalue weighted by Crippen LogP contribution is 2.31. The van der Waals surface area contributed by atoms with Crippen molar-refractivity contribution in [1.82, 2.24) is 15.0 Å². The number of amides is 1. The standard InChI is InChI=1S/C21H16N4O2S2/c1-13(26)19-18(14-6-3-2-4-7-14)25-21(29-19)24-17(27)10-16-12-28-20(23-16)15-8-5-9-22-11-15/h2-9,11-12H,10H2,1H3,(H,24,25,27). The van der Waals surface area contributed by atoms with E-state index < -0.39 is 0 Å². The molecule has 4 rings (SSSR count). The summed E-state index contributed by atoms with van der Waals surface area (Å²) < 4.78 is 0. The Bertz CT molecular complexity index is 1150. The van der Waals surface area contributed by atoms with Gasteiger partial charge in [0.2, 0.25) is 5.91 Å². The second-order valence-electron chi connectivity index (χ2n) is 6.23. The predicted molar refractivity (Wildman–Crippen MR) is 115 cm³/mol. The molecule has 1 amide bonds. The molecule has 3 heterocycles. The van der Waals surface area contributed by atoms with Crippen molar-refractivity contribution >= 4 is 39.5 Å². The van der Waals surface area contributed by atoms with Crippen LogP contribution in [0.1, 0.15) is 22.3 Å². The van der Waals surface area contributed by atoms with Gasteiger partial charge in [-0.05, 0) is 12.1 Å². The zero-order valence-electron chi connectivity index (χ0n) is 15.5. The molecule has 6 nitrogen and oxygen atoms in total. The molecule has 144 valence electrons. The van der Waals surface area contributed by atoms with Crippen molar-refractivity contribution in [2.45, 2.75) is 13.3 Å². The zero-order chi connectivity index (χ0) is 20.2. The smallest absolute Gasteiger partial charge is 0.232 e. The number of Topliss-reactive ketones (excluding diaryl/α,β-unsaturated/α-hetero) is 1. The van der Waals surface area contributed by atoms with E-state index >= 15 is 0 Å². The van der Waals surface area contributed by atoms with Crippen LogP contribution in [0.15, 0.2) is 60.2 Å². The van der Waals surface area contributed by atoms with Crippen molar-refractivity contribution in [3.63, 3.8) is 0 Å². The van der Waals surface area contributed by atoms with Gasteiger partial charge in [0.25, 0.3) is 0 Å². The largest absolute Gasteiger partial charge is 0.302 e. The molecule has 0 atom stereocenters. The van der Waals surface area contributed by atoms with Crippen LogP contribution in [-0.2, 0) is 11.2 Å². The minimum Gasteiger partial charge on any atom is -0.302 e. The van der Waals surface area contributed by atoms with Crippen LogP contribution in [0.2, 0.25) is 0 Å². The summed E-state index contributed by atoms with van der Waals surface area (Å²) in [6.07, 6.45) is 3.58. The van der Waals surface area contributed by atoms with Gasteiger partial charge in [0.1, 0.15) is 5.01 Å². The Balaban J connectivity index is 1.49. The Morgan fingerprint density at radius 3 is 2.55 bits per heavy atom. The molecule has 1 N–H and O–H groups in total. The quantitative estimate of drug-likeness (QED) is 0.457. The fraction of sp³-hybridized carbons (Fsp3) is 0.0952. The number of hydrogen-bond acceptors (Lipinski definition) is 7. The first kappa shape index (κ1) is 19.1. The molecule has 8 heteroatoms. The van der Waals surface area contributed by atoms with Crippen molar-refractivity contribution in [2.75, 3.05) is 5.32 Å². The maximum absolute atomic E-state index is 12.5. The first-order chi connectivity index (χ1) is 14.1. The molecule has 3 aromatic heterocycles. The Morgan fingerprint density at radius 2 is 1.83 bits per heavy atom. The number of aromatic nitrogens is 3. The minimum atomic E-state index is -0.225. The van der Waals surface area contributed by atoms with E-state index in [-0.39, 0.29) is 18.1 Å².